The third-order valence-electron chi connectivity index (χ3n) is 2.25. The topological polar surface area (TPSA) is 61.4 Å². The third kappa shape index (κ3) is 1.85. The van der Waals surface area contributed by atoms with Crippen LogP contribution in [0.1, 0.15) is 10.4 Å². The van der Waals surface area contributed by atoms with Crippen LogP contribution in [0.2, 0.25) is 0 Å². The quantitative estimate of drug-likeness (QED) is 0.622. The molecule has 0 aromatic heterocycles. The maximum atomic E-state index is 11.5. The molecule has 1 fully saturated rings. The molecule has 1 heterocycles. The minimum atomic E-state index is -0.0866. The van der Waals surface area contributed by atoms with Crippen LogP contribution in [0.5, 0.6) is 5.75 Å². The lowest BCUT2D eigenvalue weighted by molar-refractivity contribution is 0.0924. The van der Waals surface area contributed by atoms with E-state index in [1.165, 1.54) is 12.1 Å². The Kier molecular flexibility index (Phi) is 2.37. The molecule has 1 amide bonds. The minimum absolute atomic E-state index is 0.0866. The molecule has 0 bridgehead atoms. The van der Waals surface area contributed by atoms with Gasteiger partial charge >= 0.3 is 0 Å². The van der Waals surface area contributed by atoms with Crippen molar-refractivity contribution in [1.82, 2.24) is 10.6 Å². The van der Waals surface area contributed by atoms with E-state index in [9.17, 15) is 4.79 Å². The highest BCUT2D eigenvalue weighted by Gasteiger charge is 2.19. The fourth-order valence-corrected chi connectivity index (χ4v) is 1.27. The second kappa shape index (κ2) is 3.67. The predicted octanol–water partition coefficient (Wildman–Crippen LogP) is 0.0938. The molecule has 1 aromatic rings. The van der Waals surface area contributed by atoms with Gasteiger partial charge in [-0.15, -0.1) is 0 Å². The summed E-state index contributed by atoms with van der Waals surface area (Å²) in [5.41, 5.74) is 0.578. The number of hydrogen-bond acceptors (Lipinski definition) is 3. The molecule has 0 radical (unpaired) electrons. The fraction of sp³-hybridized carbons (Fsp3) is 0.300. The van der Waals surface area contributed by atoms with Crippen molar-refractivity contribution in [2.24, 2.45) is 0 Å². The Morgan fingerprint density at radius 2 is 2.00 bits per heavy atom. The molecule has 4 nitrogen and oxygen atoms in total. The van der Waals surface area contributed by atoms with Gasteiger partial charge in [-0.2, -0.15) is 0 Å². The average Bonchev–Trinajstić information content (AvgIpc) is 2.12. The second-order valence-corrected chi connectivity index (χ2v) is 3.38. The molecule has 1 aliphatic heterocycles. The van der Waals surface area contributed by atoms with E-state index in [1.54, 1.807) is 12.1 Å². The van der Waals surface area contributed by atoms with Crippen LogP contribution in [0.3, 0.4) is 0 Å². The fourth-order valence-electron chi connectivity index (χ4n) is 1.27. The molecule has 2 rings (SSSR count). The first kappa shape index (κ1) is 9.02. The standard InChI is InChI=1S/C10H12N2O2/c13-9-3-1-7(2-4-9)10(14)12-8-5-11-6-8/h1-4,8,11,13H,5-6H2,(H,12,14). The van der Waals surface area contributed by atoms with Crippen molar-refractivity contribution in [3.63, 3.8) is 0 Å². The van der Waals surface area contributed by atoms with Crippen molar-refractivity contribution >= 4 is 5.91 Å². The van der Waals surface area contributed by atoms with E-state index in [0.29, 0.717) is 5.56 Å². The Morgan fingerprint density at radius 3 is 2.50 bits per heavy atom. The molecule has 0 saturated carbocycles. The Balaban J connectivity index is 1.99. The number of carbonyl (C=O) groups excluding carboxylic acids is 1. The molecular formula is C10H12N2O2. The van der Waals surface area contributed by atoms with Crippen molar-refractivity contribution in [3.8, 4) is 5.75 Å². The van der Waals surface area contributed by atoms with E-state index in [4.69, 9.17) is 5.11 Å². The first-order chi connectivity index (χ1) is 6.75. The van der Waals surface area contributed by atoms with Crippen molar-refractivity contribution in [2.45, 2.75) is 6.04 Å². The molecule has 0 aliphatic carbocycles. The Morgan fingerprint density at radius 1 is 1.36 bits per heavy atom. The molecule has 74 valence electrons. The van der Waals surface area contributed by atoms with Crippen molar-refractivity contribution in [2.75, 3.05) is 13.1 Å². The first-order valence-corrected chi connectivity index (χ1v) is 4.56. The van der Waals surface area contributed by atoms with Crippen molar-refractivity contribution in [1.29, 1.82) is 0 Å². The largest absolute Gasteiger partial charge is 0.508 e. The van der Waals surface area contributed by atoms with Gasteiger partial charge in [0, 0.05) is 18.7 Å². The summed E-state index contributed by atoms with van der Waals surface area (Å²) < 4.78 is 0. The number of benzene rings is 1. The van der Waals surface area contributed by atoms with E-state index in [1.807, 2.05) is 0 Å². The first-order valence-electron chi connectivity index (χ1n) is 4.56. The zero-order chi connectivity index (χ0) is 9.97. The van der Waals surface area contributed by atoms with Gasteiger partial charge in [0.1, 0.15) is 5.75 Å². The summed E-state index contributed by atoms with van der Waals surface area (Å²) in [7, 11) is 0. The van der Waals surface area contributed by atoms with Gasteiger partial charge in [0.05, 0.1) is 6.04 Å². The Hall–Kier alpha value is -1.55. The maximum Gasteiger partial charge on any atom is 0.251 e. The van der Waals surface area contributed by atoms with Gasteiger partial charge in [-0.1, -0.05) is 0 Å². The number of phenols is 1. The van der Waals surface area contributed by atoms with E-state index in [0.717, 1.165) is 13.1 Å². The SMILES string of the molecule is O=C(NC1CNC1)c1ccc(O)cc1. The summed E-state index contributed by atoms with van der Waals surface area (Å²) in [6.07, 6.45) is 0. The molecule has 1 saturated heterocycles. The van der Waals surface area contributed by atoms with Crippen LogP contribution < -0.4 is 10.6 Å². The van der Waals surface area contributed by atoms with E-state index in [-0.39, 0.29) is 17.7 Å². The van der Waals surface area contributed by atoms with Crippen LogP contribution in [0.4, 0.5) is 0 Å². The van der Waals surface area contributed by atoms with Gasteiger partial charge < -0.3 is 15.7 Å². The van der Waals surface area contributed by atoms with E-state index < -0.39 is 0 Å². The molecular weight excluding hydrogens is 180 g/mol. The normalized spacial score (nSPS) is 16.0. The van der Waals surface area contributed by atoms with Crippen LogP contribution in [-0.2, 0) is 0 Å². The summed E-state index contributed by atoms with van der Waals surface area (Å²) in [5, 5.41) is 15.0. The van der Waals surface area contributed by atoms with Crippen LogP contribution in [0, 0.1) is 0 Å². The van der Waals surface area contributed by atoms with Crippen LogP contribution >= 0.6 is 0 Å². The van der Waals surface area contributed by atoms with Gasteiger partial charge in [-0.25, -0.2) is 0 Å². The van der Waals surface area contributed by atoms with Crippen molar-refractivity contribution in [3.05, 3.63) is 29.8 Å². The maximum absolute atomic E-state index is 11.5. The highest BCUT2D eigenvalue weighted by atomic mass is 16.3. The summed E-state index contributed by atoms with van der Waals surface area (Å²) in [5.74, 6) is 0.0864. The van der Waals surface area contributed by atoms with Gasteiger partial charge in [0.15, 0.2) is 0 Å². The molecule has 3 N–H and O–H groups in total. The number of rotatable bonds is 2. The van der Waals surface area contributed by atoms with E-state index in [2.05, 4.69) is 10.6 Å². The zero-order valence-corrected chi connectivity index (χ0v) is 7.66. The van der Waals surface area contributed by atoms with Crippen molar-refractivity contribution < 1.29 is 9.90 Å². The smallest absolute Gasteiger partial charge is 0.251 e. The van der Waals surface area contributed by atoms with Crippen LogP contribution in [0.15, 0.2) is 24.3 Å². The molecule has 14 heavy (non-hydrogen) atoms. The summed E-state index contributed by atoms with van der Waals surface area (Å²) >= 11 is 0. The molecule has 0 spiro atoms. The van der Waals surface area contributed by atoms with Gasteiger partial charge in [0.2, 0.25) is 0 Å². The van der Waals surface area contributed by atoms with Gasteiger partial charge in [0.25, 0.3) is 5.91 Å². The lowest BCUT2D eigenvalue weighted by Gasteiger charge is -2.27. The molecule has 0 atom stereocenters. The lowest BCUT2D eigenvalue weighted by atomic mass is 10.1. The van der Waals surface area contributed by atoms with Gasteiger partial charge in [-0.3, -0.25) is 4.79 Å². The number of aromatic hydroxyl groups is 1. The van der Waals surface area contributed by atoms with Crippen LogP contribution in [-0.4, -0.2) is 30.1 Å². The Labute approximate surface area is 81.9 Å². The number of nitrogens with one attached hydrogen (secondary N) is 2. The third-order valence-corrected chi connectivity index (χ3v) is 2.25. The molecule has 1 aromatic carbocycles. The summed E-state index contributed by atoms with van der Waals surface area (Å²) in [6.45, 7) is 1.67. The number of carbonyl (C=O) groups is 1. The summed E-state index contributed by atoms with van der Waals surface area (Å²) in [4.78, 5) is 11.5. The Bertz CT molecular complexity index is 330. The highest BCUT2D eigenvalue weighted by molar-refractivity contribution is 5.94. The highest BCUT2D eigenvalue weighted by Crippen LogP contribution is 2.09. The monoisotopic (exact) mass is 192 g/mol. The molecule has 1 aliphatic rings. The predicted molar refractivity (Wildman–Crippen MR) is 52.2 cm³/mol. The lowest BCUT2D eigenvalue weighted by Crippen LogP contribution is -2.56. The second-order valence-electron chi connectivity index (χ2n) is 3.38. The number of phenolic OH excluding ortho intramolecular Hbond substituents is 1. The number of amides is 1. The van der Waals surface area contributed by atoms with Gasteiger partial charge in [-0.05, 0) is 24.3 Å². The van der Waals surface area contributed by atoms with E-state index >= 15 is 0 Å². The molecule has 0 unspecified atom stereocenters. The minimum Gasteiger partial charge on any atom is -0.508 e. The number of hydrogen-bond donors (Lipinski definition) is 3. The zero-order valence-electron chi connectivity index (χ0n) is 7.66. The summed E-state index contributed by atoms with van der Waals surface area (Å²) in [6, 6.07) is 6.48. The average molecular weight is 192 g/mol. The van der Waals surface area contributed by atoms with Crippen LogP contribution in [0.25, 0.3) is 0 Å². The molecule has 4 heteroatoms.